The van der Waals surface area contributed by atoms with Crippen LogP contribution in [-0.4, -0.2) is 47.1 Å². The fourth-order valence-corrected chi connectivity index (χ4v) is 3.45. The van der Waals surface area contributed by atoms with Crippen LogP contribution in [0.4, 0.5) is 0 Å². The average Bonchev–Trinajstić information content (AvgIpc) is 3.05. The summed E-state index contributed by atoms with van der Waals surface area (Å²) in [4.78, 5) is 5.13. The van der Waals surface area contributed by atoms with Crippen molar-refractivity contribution in [3.05, 3.63) is 29.3 Å². The van der Waals surface area contributed by atoms with Gasteiger partial charge < -0.3 is 5.11 Å². The van der Waals surface area contributed by atoms with Crippen LogP contribution in [0.5, 0.6) is 5.75 Å². The zero-order valence-corrected chi connectivity index (χ0v) is 11.8. The molecule has 1 unspecified atom stereocenters. The number of rotatable bonds is 3. The molecule has 2 saturated heterocycles. The highest BCUT2D eigenvalue weighted by Crippen LogP contribution is 2.26. The molecule has 1 aromatic rings. The molecule has 1 atom stereocenters. The Bertz CT molecular complexity index is 440. The van der Waals surface area contributed by atoms with E-state index in [-0.39, 0.29) is 0 Å². The number of likely N-dealkylation sites (tertiary alicyclic amines) is 2. The van der Waals surface area contributed by atoms with E-state index in [0.29, 0.717) is 5.75 Å². The fourth-order valence-electron chi connectivity index (χ4n) is 3.45. The predicted molar refractivity (Wildman–Crippen MR) is 77.3 cm³/mol. The lowest BCUT2D eigenvalue weighted by Crippen LogP contribution is -2.35. The van der Waals surface area contributed by atoms with Crippen molar-refractivity contribution in [1.29, 1.82) is 0 Å². The van der Waals surface area contributed by atoms with E-state index < -0.39 is 0 Å². The number of aromatic hydroxyl groups is 1. The normalized spacial score (nSPS) is 25.2. The Morgan fingerprint density at radius 3 is 2.79 bits per heavy atom. The molecule has 3 nitrogen and oxygen atoms in total. The van der Waals surface area contributed by atoms with Gasteiger partial charge in [0.25, 0.3) is 0 Å². The summed E-state index contributed by atoms with van der Waals surface area (Å²) < 4.78 is 0. The van der Waals surface area contributed by atoms with Gasteiger partial charge in [0, 0.05) is 31.2 Å². The summed E-state index contributed by atoms with van der Waals surface area (Å²) in [6.45, 7) is 7.75. The molecular weight excluding hydrogens is 236 g/mol. The minimum Gasteiger partial charge on any atom is -0.507 e. The van der Waals surface area contributed by atoms with E-state index in [1.165, 1.54) is 32.4 Å². The molecule has 3 heteroatoms. The number of hydrogen-bond acceptors (Lipinski definition) is 3. The van der Waals surface area contributed by atoms with Gasteiger partial charge in [-0.25, -0.2) is 0 Å². The molecule has 2 aliphatic heterocycles. The van der Waals surface area contributed by atoms with Gasteiger partial charge in [0.2, 0.25) is 0 Å². The molecule has 19 heavy (non-hydrogen) atoms. The molecule has 2 fully saturated rings. The smallest absolute Gasteiger partial charge is 0.122 e. The van der Waals surface area contributed by atoms with Crippen LogP contribution in [-0.2, 0) is 6.54 Å². The van der Waals surface area contributed by atoms with Crippen LogP contribution in [0.15, 0.2) is 18.2 Å². The Kier molecular flexibility index (Phi) is 3.76. The summed E-state index contributed by atoms with van der Waals surface area (Å²) in [6.07, 6.45) is 4.02. The van der Waals surface area contributed by atoms with Crippen molar-refractivity contribution in [2.75, 3.05) is 26.2 Å². The van der Waals surface area contributed by atoms with Gasteiger partial charge in [0.15, 0.2) is 0 Å². The first-order valence-corrected chi connectivity index (χ1v) is 7.48. The van der Waals surface area contributed by atoms with Crippen molar-refractivity contribution >= 4 is 0 Å². The minimum absolute atomic E-state index is 0.479. The lowest BCUT2D eigenvalue weighted by Gasteiger charge is -2.24. The van der Waals surface area contributed by atoms with Crippen LogP contribution in [0.3, 0.4) is 0 Å². The van der Waals surface area contributed by atoms with Crippen molar-refractivity contribution in [3.8, 4) is 5.75 Å². The van der Waals surface area contributed by atoms with Gasteiger partial charge in [-0.3, -0.25) is 9.80 Å². The molecule has 0 radical (unpaired) electrons. The van der Waals surface area contributed by atoms with Crippen LogP contribution >= 0.6 is 0 Å². The highest BCUT2D eigenvalue weighted by Gasteiger charge is 2.29. The molecule has 0 aromatic heterocycles. The summed E-state index contributed by atoms with van der Waals surface area (Å²) in [7, 11) is 0. The molecule has 3 rings (SSSR count). The van der Waals surface area contributed by atoms with Crippen molar-refractivity contribution in [1.82, 2.24) is 9.80 Å². The Morgan fingerprint density at radius 2 is 2.00 bits per heavy atom. The van der Waals surface area contributed by atoms with E-state index >= 15 is 0 Å². The second kappa shape index (κ2) is 5.51. The predicted octanol–water partition coefficient (Wildman–Crippen LogP) is 2.37. The van der Waals surface area contributed by atoms with E-state index in [4.69, 9.17) is 0 Å². The molecule has 0 bridgehead atoms. The van der Waals surface area contributed by atoms with Gasteiger partial charge in [-0.2, -0.15) is 0 Å². The number of aryl methyl sites for hydroxylation is 1. The molecule has 0 saturated carbocycles. The monoisotopic (exact) mass is 260 g/mol. The van der Waals surface area contributed by atoms with Gasteiger partial charge in [-0.1, -0.05) is 18.2 Å². The molecule has 1 aromatic carbocycles. The first-order valence-electron chi connectivity index (χ1n) is 7.48. The number of nitrogens with zero attached hydrogens (tertiary/aromatic N) is 2. The van der Waals surface area contributed by atoms with E-state index in [9.17, 15) is 5.11 Å². The van der Waals surface area contributed by atoms with E-state index in [1.54, 1.807) is 0 Å². The van der Waals surface area contributed by atoms with Gasteiger partial charge >= 0.3 is 0 Å². The third-order valence-electron chi connectivity index (χ3n) is 4.62. The first kappa shape index (κ1) is 12.9. The second-order valence-corrected chi connectivity index (χ2v) is 6.00. The first-order chi connectivity index (χ1) is 9.24. The lowest BCUT2D eigenvalue weighted by molar-refractivity contribution is 0.229. The highest BCUT2D eigenvalue weighted by atomic mass is 16.3. The van der Waals surface area contributed by atoms with Crippen molar-refractivity contribution in [3.63, 3.8) is 0 Å². The molecule has 104 valence electrons. The van der Waals surface area contributed by atoms with E-state index in [2.05, 4.69) is 9.80 Å². The third-order valence-corrected chi connectivity index (χ3v) is 4.62. The average molecular weight is 260 g/mol. The Labute approximate surface area is 115 Å². The molecule has 1 N–H and O–H groups in total. The zero-order chi connectivity index (χ0) is 13.2. The van der Waals surface area contributed by atoms with Crippen LogP contribution in [0.1, 0.15) is 30.4 Å². The molecule has 0 aliphatic carbocycles. The largest absolute Gasteiger partial charge is 0.507 e. The lowest BCUT2D eigenvalue weighted by atomic mass is 10.1. The summed E-state index contributed by atoms with van der Waals surface area (Å²) in [5, 5.41) is 10.1. The van der Waals surface area contributed by atoms with Crippen LogP contribution in [0.2, 0.25) is 0 Å². The number of para-hydroxylation sites is 1. The van der Waals surface area contributed by atoms with Crippen LogP contribution in [0.25, 0.3) is 0 Å². The van der Waals surface area contributed by atoms with E-state index in [0.717, 1.165) is 36.8 Å². The van der Waals surface area contributed by atoms with Crippen LogP contribution < -0.4 is 0 Å². The molecule has 2 aliphatic rings. The Hall–Kier alpha value is -1.06. The Morgan fingerprint density at radius 1 is 1.21 bits per heavy atom. The van der Waals surface area contributed by atoms with Crippen molar-refractivity contribution in [2.45, 2.75) is 38.8 Å². The summed E-state index contributed by atoms with van der Waals surface area (Å²) in [6, 6.07) is 6.80. The Balaban J connectivity index is 1.60. The molecular formula is C16H24N2O. The number of hydrogen-bond donors (Lipinski definition) is 1. The maximum atomic E-state index is 10.1. The number of benzene rings is 1. The second-order valence-electron chi connectivity index (χ2n) is 6.00. The standard InChI is InChI=1S/C16H24N2O/c1-13-5-4-6-14(16(13)19)11-17-10-7-15(12-17)18-8-2-3-9-18/h4-6,15,19H,2-3,7-12H2,1H3. The van der Waals surface area contributed by atoms with Gasteiger partial charge in [0.1, 0.15) is 5.75 Å². The fraction of sp³-hybridized carbons (Fsp3) is 0.625. The third kappa shape index (κ3) is 2.77. The summed E-state index contributed by atoms with van der Waals surface area (Å²) >= 11 is 0. The maximum absolute atomic E-state index is 10.1. The topological polar surface area (TPSA) is 26.7 Å². The van der Waals surface area contributed by atoms with Crippen molar-refractivity contribution in [2.24, 2.45) is 0 Å². The maximum Gasteiger partial charge on any atom is 0.122 e. The number of phenolic OH excluding ortho intramolecular Hbond substituents is 1. The van der Waals surface area contributed by atoms with Gasteiger partial charge in [-0.05, 0) is 44.8 Å². The minimum atomic E-state index is 0.479. The molecule has 0 amide bonds. The summed E-state index contributed by atoms with van der Waals surface area (Å²) in [5.74, 6) is 0.479. The molecule has 2 heterocycles. The SMILES string of the molecule is Cc1cccc(CN2CCC(N3CCCC3)C2)c1O. The summed E-state index contributed by atoms with van der Waals surface area (Å²) in [5.41, 5.74) is 2.05. The quantitative estimate of drug-likeness (QED) is 0.904. The van der Waals surface area contributed by atoms with Gasteiger partial charge in [0.05, 0.1) is 0 Å². The number of phenols is 1. The van der Waals surface area contributed by atoms with E-state index in [1.807, 2.05) is 25.1 Å². The zero-order valence-electron chi connectivity index (χ0n) is 11.8. The highest BCUT2D eigenvalue weighted by molar-refractivity contribution is 5.39. The van der Waals surface area contributed by atoms with Gasteiger partial charge in [-0.15, -0.1) is 0 Å². The molecule has 0 spiro atoms. The van der Waals surface area contributed by atoms with Crippen molar-refractivity contribution < 1.29 is 5.11 Å². The van der Waals surface area contributed by atoms with Crippen LogP contribution in [0, 0.1) is 6.92 Å².